The van der Waals surface area contributed by atoms with Crippen LogP contribution in [-0.2, 0) is 9.84 Å². The van der Waals surface area contributed by atoms with Crippen molar-refractivity contribution >= 4 is 9.84 Å². The molecule has 0 radical (unpaired) electrons. The molecule has 0 amide bonds. The van der Waals surface area contributed by atoms with Crippen LogP contribution < -0.4 is 0 Å². The molecule has 0 N–H and O–H groups in total. The van der Waals surface area contributed by atoms with Gasteiger partial charge in [0.1, 0.15) is 0 Å². The third kappa shape index (κ3) is 3.02. The van der Waals surface area contributed by atoms with Gasteiger partial charge in [0, 0.05) is 0 Å². The van der Waals surface area contributed by atoms with Gasteiger partial charge in [-0.15, -0.1) is 6.58 Å². The lowest BCUT2D eigenvalue weighted by molar-refractivity contribution is 0.443. The van der Waals surface area contributed by atoms with Gasteiger partial charge in [0.15, 0.2) is 9.84 Å². The van der Waals surface area contributed by atoms with Crippen molar-refractivity contribution in [1.29, 1.82) is 0 Å². The van der Waals surface area contributed by atoms with Crippen molar-refractivity contribution in [3.63, 3.8) is 0 Å². The smallest absolute Gasteiger partial charge is 0.181 e. The molecular formula is C15H20O2S. The van der Waals surface area contributed by atoms with Crippen molar-refractivity contribution in [2.45, 2.75) is 42.9 Å². The molecule has 1 aliphatic carbocycles. The molecule has 1 aliphatic rings. The minimum absolute atomic E-state index is 0.0150. The van der Waals surface area contributed by atoms with Crippen molar-refractivity contribution < 1.29 is 8.42 Å². The monoisotopic (exact) mass is 264 g/mol. The molecule has 18 heavy (non-hydrogen) atoms. The third-order valence-corrected chi connectivity index (χ3v) is 5.28. The van der Waals surface area contributed by atoms with Gasteiger partial charge in [-0.3, -0.25) is 0 Å². The van der Waals surface area contributed by atoms with E-state index >= 15 is 0 Å². The molecule has 1 aromatic carbocycles. The summed E-state index contributed by atoms with van der Waals surface area (Å²) in [6.07, 6.45) is 7.64. The van der Waals surface area contributed by atoms with Crippen molar-refractivity contribution in [1.82, 2.24) is 0 Å². The predicted molar refractivity (Wildman–Crippen MR) is 74.5 cm³/mol. The fraction of sp³-hybridized carbons (Fsp3) is 0.467. The van der Waals surface area contributed by atoms with E-state index in [2.05, 4.69) is 12.6 Å². The minimum Gasteiger partial charge on any atom is -0.223 e. The summed E-state index contributed by atoms with van der Waals surface area (Å²) >= 11 is 0. The lowest BCUT2D eigenvalue weighted by Crippen LogP contribution is -2.08. The van der Waals surface area contributed by atoms with E-state index in [-0.39, 0.29) is 5.75 Å². The van der Waals surface area contributed by atoms with E-state index in [0.29, 0.717) is 10.8 Å². The van der Waals surface area contributed by atoms with E-state index in [0.717, 1.165) is 0 Å². The zero-order chi connectivity index (χ0) is 13.0. The van der Waals surface area contributed by atoms with Crippen LogP contribution in [0.1, 0.15) is 43.6 Å². The molecule has 98 valence electrons. The Balaban J connectivity index is 2.27. The molecule has 0 spiro atoms. The van der Waals surface area contributed by atoms with Crippen LogP contribution in [0.4, 0.5) is 0 Å². The van der Waals surface area contributed by atoms with Crippen LogP contribution in [0.5, 0.6) is 0 Å². The van der Waals surface area contributed by atoms with Gasteiger partial charge in [-0.25, -0.2) is 8.42 Å². The standard InChI is InChI=1S/C15H20O2S/c1-2-11-18(16,17)15-10-6-9-14(12-15)13-7-4-3-5-8-13/h2,6,9-10,12-13H,1,3-5,7-8,11H2. The molecule has 3 heteroatoms. The van der Waals surface area contributed by atoms with Gasteiger partial charge in [-0.1, -0.05) is 37.5 Å². The number of hydrogen-bond donors (Lipinski definition) is 0. The highest BCUT2D eigenvalue weighted by atomic mass is 32.2. The van der Waals surface area contributed by atoms with Gasteiger partial charge in [-0.05, 0) is 36.5 Å². The second-order valence-electron chi connectivity index (χ2n) is 4.98. The van der Waals surface area contributed by atoms with Crippen molar-refractivity contribution in [2.24, 2.45) is 0 Å². The Morgan fingerprint density at radius 2 is 1.94 bits per heavy atom. The number of benzene rings is 1. The lowest BCUT2D eigenvalue weighted by Gasteiger charge is -2.22. The van der Waals surface area contributed by atoms with Crippen LogP contribution in [-0.4, -0.2) is 14.2 Å². The zero-order valence-electron chi connectivity index (χ0n) is 10.6. The Morgan fingerprint density at radius 3 is 2.61 bits per heavy atom. The molecular weight excluding hydrogens is 244 g/mol. The first-order chi connectivity index (χ1) is 8.63. The molecule has 0 aromatic heterocycles. The van der Waals surface area contributed by atoms with Crippen LogP contribution in [0.15, 0.2) is 41.8 Å². The number of hydrogen-bond acceptors (Lipinski definition) is 2. The van der Waals surface area contributed by atoms with Crippen molar-refractivity contribution in [2.75, 3.05) is 5.75 Å². The van der Waals surface area contributed by atoms with E-state index < -0.39 is 9.84 Å². The Morgan fingerprint density at radius 1 is 1.22 bits per heavy atom. The molecule has 2 nitrogen and oxygen atoms in total. The Kier molecular flexibility index (Phi) is 4.23. The molecule has 0 atom stereocenters. The van der Waals surface area contributed by atoms with Gasteiger partial charge in [-0.2, -0.15) is 0 Å². The molecule has 0 unspecified atom stereocenters. The molecule has 0 saturated heterocycles. The average Bonchev–Trinajstić information content (AvgIpc) is 2.40. The molecule has 1 aromatic rings. The van der Waals surface area contributed by atoms with Crippen molar-refractivity contribution in [3.8, 4) is 0 Å². The summed E-state index contributed by atoms with van der Waals surface area (Å²) < 4.78 is 24.0. The molecule has 0 aliphatic heterocycles. The summed E-state index contributed by atoms with van der Waals surface area (Å²) in [6, 6.07) is 7.46. The second-order valence-corrected chi connectivity index (χ2v) is 7.01. The highest BCUT2D eigenvalue weighted by Crippen LogP contribution is 2.33. The Labute approximate surface area is 110 Å². The molecule has 2 rings (SSSR count). The Hall–Kier alpha value is -1.09. The van der Waals surface area contributed by atoms with E-state index in [1.807, 2.05) is 12.1 Å². The van der Waals surface area contributed by atoms with Gasteiger partial charge in [0.2, 0.25) is 0 Å². The quantitative estimate of drug-likeness (QED) is 0.777. The Bertz CT molecular complexity index is 511. The summed E-state index contributed by atoms with van der Waals surface area (Å²) in [5.74, 6) is 0.554. The molecule has 0 bridgehead atoms. The summed E-state index contributed by atoms with van der Waals surface area (Å²) in [4.78, 5) is 0.436. The highest BCUT2D eigenvalue weighted by molar-refractivity contribution is 7.91. The summed E-state index contributed by atoms with van der Waals surface area (Å²) in [6.45, 7) is 3.50. The van der Waals surface area contributed by atoms with Gasteiger partial charge in [0.25, 0.3) is 0 Å². The first kappa shape index (κ1) is 13.3. The maximum absolute atomic E-state index is 12.0. The van der Waals surface area contributed by atoms with E-state index in [1.165, 1.54) is 43.7 Å². The van der Waals surface area contributed by atoms with Crippen LogP contribution >= 0.6 is 0 Å². The molecule has 1 fully saturated rings. The zero-order valence-corrected chi connectivity index (χ0v) is 11.5. The maximum Gasteiger partial charge on any atom is 0.181 e. The highest BCUT2D eigenvalue weighted by Gasteiger charge is 2.18. The SMILES string of the molecule is C=CCS(=O)(=O)c1cccc(C2CCCCC2)c1. The normalized spacial score (nSPS) is 17.6. The van der Waals surface area contributed by atoms with Crippen LogP contribution in [0.2, 0.25) is 0 Å². The number of sulfone groups is 1. The maximum atomic E-state index is 12.0. The summed E-state index contributed by atoms with van der Waals surface area (Å²) in [7, 11) is -3.19. The van der Waals surface area contributed by atoms with Crippen LogP contribution in [0.3, 0.4) is 0 Å². The van der Waals surface area contributed by atoms with E-state index in [4.69, 9.17) is 0 Å². The number of rotatable bonds is 4. The average molecular weight is 264 g/mol. The fourth-order valence-electron chi connectivity index (χ4n) is 2.65. The van der Waals surface area contributed by atoms with E-state index in [9.17, 15) is 8.42 Å². The third-order valence-electron chi connectivity index (χ3n) is 3.63. The second kappa shape index (κ2) is 5.70. The van der Waals surface area contributed by atoms with Crippen LogP contribution in [0, 0.1) is 0 Å². The lowest BCUT2D eigenvalue weighted by atomic mass is 9.84. The van der Waals surface area contributed by atoms with Crippen molar-refractivity contribution in [3.05, 3.63) is 42.5 Å². The van der Waals surface area contributed by atoms with Gasteiger partial charge < -0.3 is 0 Å². The first-order valence-corrected chi connectivity index (χ1v) is 8.22. The molecule has 0 heterocycles. The van der Waals surface area contributed by atoms with Gasteiger partial charge in [0.05, 0.1) is 10.6 Å². The topological polar surface area (TPSA) is 34.1 Å². The minimum atomic E-state index is -3.19. The largest absolute Gasteiger partial charge is 0.223 e. The van der Waals surface area contributed by atoms with Gasteiger partial charge >= 0.3 is 0 Å². The van der Waals surface area contributed by atoms with E-state index in [1.54, 1.807) is 6.07 Å². The summed E-state index contributed by atoms with van der Waals surface area (Å²) in [5, 5.41) is 0. The fourth-order valence-corrected chi connectivity index (χ4v) is 3.75. The summed E-state index contributed by atoms with van der Waals surface area (Å²) in [5.41, 5.74) is 1.18. The predicted octanol–water partition coefficient (Wildman–Crippen LogP) is 3.69. The molecule has 1 saturated carbocycles. The first-order valence-electron chi connectivity index (χ1n) is 6.57. The van der Waals surface area contributed by atoms with Crippen LogP contribution in [0.25, 0.3) is 0 Å².